The summed E-state index contributed by atoms with van der Waals surface area (Å²) in [5, 5.41) is 8.54. The van der Waals surface area contributed by atoms with Gasteiger partial charge in [0.15, 0.2) is 0 Å². The number of nitrogens with zero attached hydrogens (tertiary/aromatic N) is 5. The topological polar surface area (TPSA) is 54.8 Å². The summed E-state index contributed by atoms with van der Waals surface area (Å²) < 4.78 is 0. The van der Waals surface area contributed by atoms with Gasteiger partial charge in [-0.05, 0) is 31.4 Å². The molecule has 0 radical (unpaired) electrons. The number of aromatic nitrogens is 4. The van der Waals surface area contributed by atoms with Crippen molar-refractivity contribution in [3.8, 4) is 0 Å². The minimum Gasteiger partial charge on any atom is -0.336 e. The van der Waals surface area contributed by atoms with Gasteiger partial charge < -0.3 is 4.90 Å². The van der Waals surface area contributed by atoms with Gasteiger partial charge in [-0.25, -0.2) is 4.98 Å². The Morgan fingerprint density at radius 1 is 1.15 bits per heavy atom. The zero-order valence-corrected chi connectivity index (χ0v) is 12.5. The third-order valence-electron chi connectivity index (χ3n) is 3.56. The van der Waals surface area contributed by atoms with Crippen molar-refractivity contribution in [2.75, 3.05) is 11.9 Å². The molecule has 5 heteroatoms. The first kappa shape index (κ1) is 14.4. The highest BCUT2D eigenvalue weighted by Crippen LogP contribution is 2.21. The quantitative estimate of drug-likeness (QED) is 0.836. The van der Waals surface area contributed by atoms with E-state index in [0.717, 1.165) is 29.8 Å². The Kier molecular flexibility index (Phi) is 4.61. The van der Waals surface area contributed by atoms with Crippen LogP contribution in [-0.2, 0) is 12.8 Å². The maximum Gasteiger partial charge on any atom is 0.245 e. The molecule has 106 valence electrons. The van der Waals surface area contributed by atoms with Crippen molar-refractivity contribution in [3.05, 3.63) is 41.5 Å². The monoisotopic (exact) mass is 271 g/mol. The lowest BCUT2D eigenvalue weighted by Gasteiger charge is -2.25. The second kappa shape index (κ2) is 6.41. The molecule has 0 saturated carbocycles. The molecule has 2 rings (SSSR count). The Hall–Kier alpha value is -2.04. The summed E-state index contributed by atoms with van der Waals surface area (Å²) in [4.78, 5) is 10.8. The van der Waals surface area contributed by atoms with Crippen LogP contribution in [0.5, 0.6) is 0 Å². The van der Waals surface area contributed by atoms with Crippen LogP contribution in [0.1, 0.15) is 43.8 Å². The summed E-state index contributed by atoms with van der Waals surface area (Å²) in [5.74, 6) is 0.662. The van der Waals surface area contributed by atoms with Crippen molar-refractivity contribution in [1.82, 2.24) is 20.2 Å². The van der Waals surface area contributed by atoms with Gasteiger partial charge in [-0.1, -0.05) is 19.9 Å². The molecule has 0 bridgehead atoms. The van der Waals surface area contributed by atoms with E-state index < -0.39 is 0 Å². The number of hydrogen-bond donors (Lipinski definition) is 0. The highest BCUT2D eigenvalue weighted by Gasteiger charge is 2.16. The van der Waals surface area contributed by atoms with Crippen LogP contribution < -0.4 is 4.90 Å². The molecule has 5 nitrogen and oxygen atoms in total. The summed E-state index contributed by atoms with van der Waals surface area (Å²) in [6, 6.07) is 4.15. The van der Waals surface area contributed by atoms with Crippen LogP contribution in [0.4, 0.5) is 5.95 Å². The fourth-order valence-corrected chi connectivity index (χ4v) is 2.10. The van der Waals surface area contributed by atoms with E-state index in [-0.39, 0.29) is 6.04 Å². The molecule has 0 spiro atoms. The normalized spacial score (nSPS) is 12.2. The molecule has 0 N–H and O–H groups in total. The van der Waals surface area contributed by atoms with Crippen LogP contribution in [0.15, 0.2) is 24.5 Å². The lowest BCUT2D eigenvalue weighted by molar-refractivity contribution is 0.687. The van der Waals surface area contributed by atoms with Crippen molar-refractivity contribution in [2.24, 2.45) is 0 Å². The second-order valence-electron chi connectivity index (χ2n) is 4.79. The van der Waals surface area contributed by atoms with Gasteiger partial charge in [0, 0.05) is 19.4 Å². The molecular weight excluding hydrogens is 250 g/mol. The van der Waals surface area contributed by atoms with E-state index in [9.17, 15) is 0 Å². The average molecular weight is 271 g/mol. The highest BCUT2D eigenvalue weighted by atomic mass is 15.3. The van der Waals surface area contributed by atoms with Crippen molar-refractivity contribution in [3.63, 3.8) is 0 Å². The molecule has 0 fully saturated rings. The van der Waals surface area contributed by atoms with Gasteiger partial charge in [-0.15, -0.1) is 5.10 Å². The Morgan fingerprint density at radius 3 is 2.50 bits per heavy atom. The molecular formula is C15H21N5. The van der Waals surface area contributed by atoms with Gasteiger partial charge in [0.1, 0.15) is 0 Å². The van der Waals surface area contributed by atoms with Gasteiger partial charge in [0.05, 0.1) is 17.4 Å². The Bertz CT molecular complexity index is 555. The molecule has 2 aromatic rings. The number of hydrogen-bond acceptors (Lipinski definition) is 5. The molecule has 0 aliphatic carbocycles. The summed E-state index contributed by atoms with van der Waals surface area (Å²) in [6.07, 6.45) is 5.39. The fourth-order valence-electron chi connectivity index (χ4n) is 2.10. The lowest BCUT2D eigenvalue weighted by Crippen LogP contribution is -2.25. The van der Waals surface area contributed by atoms with E-state index in [1.165, 1.54) is 0 Å². The van der Waals surface area contributed by atoms with Crippen LogP contribution >= 0.6 is 0 Å². The third kappa shape index (κ3) is 2.92. The molecule has 2 aromatic heterocycles. The maximum absolute atomic E-state index is 4.64. The van der Waals surface area contributed by atoms with Crippen LogP contribution in [0, 0.1) is 0 Å². The average Bonchev–Trinajstić information content (AvgIpc) is 2.53. The van der Waals surface area contributed by atoms with E-state index in [1.807, 2.05) is 24.2 Å². The molecule has 0 aliphatic rings. The highest BCUT2D eigenvalue weighted by molar-refractivity contribution is 5.34. The van der Waals surface area contributed by atoms with E-state index >= 15 is 0 Å². The Labute approximate surface area is 120 Å². The van der Waals surface area contributed by atoms with Crippen LogP contribution in [0.25, 0.3) is 0 Å². The molecule has 2 heterocycles. The second-order valence-corrected chi connectivity index (χ2v) is 4.79. The Morgan fingerprint density at radius 2 is 1.90 bits per heavy atom. The molecule has 20 heavy (non-hydrogen) atoms. The minimum absolute atomic E-state index is 0.155. The zero-order valence-electron chi connectivity index (χ0n) is 12.5. The van der Waals surface area contributed by atoms with Crippen molar-refractivity contribution in [2.45, 2.75) is 39.7 Å². The standard InChI is InChI=1S/C15H21N5/c1-5-13-14(6-2)18-19-15(17-13)20(4)11(3)12-8-7-9-16-10-12/h7-11H,5-6H2,1-4H3. The summed E-state index contributed by atoms with van der Waals surface area (Å²) >= 11 is 0. The van der Waals surface area contributed by atoms with Crippen molar-refractivity contribution in [1.29, 1.82) is 0 Å². The summed E-state index contributed by atoms with van der Waals surface area (Å²) in [6.45, 7) is 6.28. The number of aryl methyl sites for hydroxylation is 2. The Balaban J connectivity index is 2.27. The van der Waals surface area contributed by atoms with Gasteiger partial charge >= 0.3 is 0 Å². The molecule has 0 aromatic carbocycles. The molecule has 0 saturated heterocycles. The predicted molar refractivity (Wildman–Crippen MR) is 79.6 cm³/mol. The molecule has 1 unspecified atom stereocenters. The molecule has 1 atom stereocenters. The van der Waals surface area contributed by atoms with E-state index in [4.69, 9.17) is 0 Å². The fraction of sp³-hybridized carbons (Fsp3) is 0.467. The lowest BCUT2D eigenvalue weighted by atomic mass is 10.1. The van der Waals surface area contributed by atoms with E-state index in [1.54, 1.807) is 6.20 Å². The van der Waals surface area contributed by atoms with Gasteiger partial charge in [-0.2, -0.15) is 5.10 Å². The number of pyridine rings is 1. The SMILES string of the molecule is CCc1nnc(N(C)C(C)c2cccnc2)nc1CC. The van der Waals surface area contributed by atoms with Gasteiger partial charge in [-0.3, -0.25) is 4.98 Å². The number of anilines is 1. The molecule has 0 aliphatic heterocycles. The van der Waals surface area contributed by atoms with Crippen molar-refractivity contribution >= 4 is 5.95 Å². The van der Waals surface area contributed by atoms with E-state index in [0.29, 0.717) is 5.95 Å². The first-order chi connectivity index (χ1) is 9.67. The smallest absolute Gasteiger partial charge is 0.245 e. The largest absolute Gasteiger partial charge is 0.336 e. The third-order valence-corrected chi connectivity index (χ3v) is 3.56. The summed E-state index contributed by atoms with van der Waals surface area (Å²) in [5.41, 5.74) is 3.15. The molecule has 0 amide bonds. The van der Waals surface area contributed by atoms with Gasteiger partial charge in [0.2, 0.25) is 5.95 Å². The zero-order chi connectivity index (χ0) is 14.5. The predicted octanol–water partition coefficient (Wildman–Crippen LogP) is 2.59. The van der Waals surface area contributed by atoms with E-state index in [2.05, 4.69) is 47.0 Å². The van der Waals surface area contributed by atoms with Crippen molar-refractivity contribution < 1.29 is 0 Å². The first-order valence-corrected chi connectivity index (χ1v) is 7.02. The van der Waals surface area contributed by atoms with Gasteiger partial charge in [0.25, 0.3) is 0 Å². The van der Waals surface area contributed by atoms with Crippen LogP contribution in [0.3, 0.4) is 0 Å². The minimum atomic E-state index is 0.155. The maximum atomic E-state index is 4.64. The van der Waals surface area contributed by atoms with Crippen LogP contribution in [0.2, 0.25) is 0 Å². The van der Waals surface area contributed by atoms with Crippen LogP contribution in [-0.4, -0.2) is 27.2 Å². The summed E-state index contributed by atoms with van der Waals surface area (Å²) in [7, 11) is 1.99. The first-order valence-electron chi connectivity index (χ1n) is 7.02. The number of rotatable bonds is 5.